The minimum Gasteiger partial charge on any atom is -0.393 e. The van der Waals surface area contributed by atoms with E-state index >= 15 is 0 Å². The third-order valence-electron chi connectivity index (χ3n) is 4.16. The van der Waals surface area contributed by atoms with Crippen molar-refractivity contribution in [3.8, 4) is 0 Å². The van der Waals surface area contributed by atoms with Crippen molar-refractivity contribution >= 4 is 0 Å². The molecular formula is C11H16F4O. The molecule has 16 heavy (non-hydrogen) atoms. The van der Waals surface area contributed by atoms with Crippen LogP contribution in [-0.2, 0) is 0 Å². The second kappa shape index (κ2) is 3.59. The molecule has 1 nitrogen and oxygen atoms in total. The van der Waals surface area contributed by atoms with Gasteiger partial charge in [-0.05, 0) is 37.5 Å². The first-order valence-electron chi connectivity index (χ1n) is 5.67. The fraction of sp³-hybridized carbons (Fsp3) is 1.00. The van der Waals surface area contributed by atoms with Crippen molar-refractivity contribution in [2.75, 3.05) is 0 Å². The van der Waals surface area contributed by atoms with E-state index in [4.69, 9.17) is 0 Å². The molecule has 0 aliphatic heterocycles. The summed E-state index contributed by atoms with van der Waals surface area (Å²) in [4.78, 5) is 0. The molecule has 0 radical (unpaired) electrons. The monoisotopic (exact) mass is 240 g/mol. The number of rotatable bonds is 2. The highest BCUT2D eigenvalue weighted by Crippen LogP contribution is 2.55. The van der Waals surface area contributed by atoms with Gasteiger partial charge in [0.05, 0.1) is 6.10 Å². The molecule has 0 aromatic heterocycles. The Morgan fingerprint density at radius 2 is 1.62 bits per heavy atom. The first-order valence-corrected chi connectivity index (χ1v) is 5.67. The third kappa shape index (κ3) is 1.73. The van der Waals surface area contributed by atoms with Crippen LogP contribution in [0.2, 0.25) is 0 Å². The van der Waals surface area contributed by atoms with Crippen LogP contribution < -0.4 is 0 Å². The number of hydrogen-bond acceptors (Lipinski definition) is 1. The number of alkyl halides is 4. The topological polar surface area (TPSA) is 20.2 Å². The molecule has 2 fully saturated rings. The summed E-state index contributed by atoms with van der Waals surface area (Å²) < 4.78 is 52.9. The van der Waals surface area contributed by atoms with Crippen LogP contribution in [0.4, 0.5) is 17.6 Å². The molecule has 0 aromatic carbocycles. The smallest absolute Gasteiger partial charge is 0.312 e. The van der Waals surface area contributed by atoms with E-state index in [0.29, 0.717) is 19.3 Å². The minimum atomic E-state index is -3.97. The Balaban J connectivity index is 2.18. The average molecular weight is 240 g/mol. The molecule has 2 aliphatic rings. The normalized spacial score (nSPS) is 40.1. The van der Waals surface area contributed by atoms with E-state index in [0.717, 1.165) is 0 Å². The zero-order chi connectivity index (χ0) is 12.1. The standard InChI is InChI=1S/C11H16F4O/c1-10(12,13)11(14,15)8-5-7-4-6(8)2-3-9(7)16/h6-9,16H,2-5H2,1H3. The zero-order valence-corrected chi connectivity index (χ0v) is 9.10. The number of aliphatic hydroxyl groups is 1. The number of fused-ring (bicyclic) bond motifs is 2. The molecule has 1 N–H and O–H groups in total. The van der Waals surface area contributed by atoms with Gasteiger partial charge >= 0.3 is 11.8 Å². The first kappa shape index (κ1) is 12.1. The van der Waals surface area contributed by atoms with E-state index in [9.17, 15) is 22.7 Å². The van der Waals surface area contributed by atoms with Gasteiger partial charge in [-0.1, -0.05) is 0 Å². The van der Waals surface area contributed by atoms with E-state index in [1.165, 1.54) is 0 Å². The highest BCUT2D eigenvalue weighted by Gasteiger charge is 2.62. The molecule has 0 spiro atoms. The van der Waals surface area contributed by atoms with Gasteiger partial charge in [0.2, 0.25) is 0 Å². The SMILES string of the molecule is CC(F)(F)C(F)(F)C1CC2CC1CCC2O. The van der Waals surface area contributed by atoms with Crippen LogP contribution >= 0.6 is 0 Å². The van der Waals surface area contributed by atoms with Gasteiger partial charge in [0.15, 0.2) is 0 Å². The van der Waals surface area contributed by atoms with Crippen LogP contribution in [0, 0.1) is 17.8 Å². The van der Waals surface area contributed by atoms with E-state index in [1.54, 1.807) is 0 Å². The molecule has 2 aliphatic carbocycles. The maximum absolute atomic E-state index is 13.6. The van der Waals surface area contributed by atoms with Crippen LogP contribution in [0.25, 0.3) is 0 Å². The molecule has 4 atom stereocenters. The van der Waals surface area contributed by atoms with Crippen molar-refractivity contribution in [2.45, 2.75) is 50.6 Å². The molecule has 2 saturated carbocycles. The number of halogens is 4. The molecule has 0 heterocycles. The molecule has 5 heteroatoms. The molecule has 2 bridgehead atoms. The zero-order valence-electron chi connectivity index (χ0n) is 9.10. The lowest BCUT2D eigenvalue weighted by atomic mass is 9.82. The quantitative estimate of drug-likeness (QED) is 0.735. The Hall–Kier alpha value is -0.320. The largest absolute Gasteiger partial charge is 0.393 e. The van der Waals surface area contributed by atoms with Gasteiger partial charge in [-0.15, -0.1) is 0 Å². The summed E-state index contributed by atoms with van der Waals surface area (Å²) in [7, 11) is 0. The van der Waals surface area contributed by atoms with Gasteiger partial charge in [0, 0.05) is 12.8 Å². The van der Waals surface area contributed by atoms with E-state index in [1.807, 2.05) is 0 Å². The molecule has 0 saturated heterocycles. The Morgan fingerprint density at radius 1 is 1.00 bits per heavy atom. The second-order valence-corrected chi connectivity index (χ2v) is 5.25. The highest BCUT2D eigenvalue weighted by molar-refractivity contribution is 5.00. The van der Waals surface area contributed by atoms with Crippen molar-refractivity contribution in [1.82, 2.24) is 0 Å². The maximum Gasteiger partial charge on any atom is 0.312 e. The number of aliphatic hydroxyl groups excluding tert-OH is 1. The van der Waals surface area contributed by atoms with Gasteiger partial charge in [-0.2, -0.15) is 8.78 Å². The van der Waals surface area contributed by atoms with Crippen LogP contribution in [0.5, 0.6) is 0 Å². The average Bonchev–Trinajstić information content (AvgIpc) is 2.50. The van der Waals surface area contributed by atoms with E-state index < -0.39 is 23.9 Å². The number of hydrogen-bond donors (Lipinski definition) is 1. The Morgan fingerprint density at radius 3 is 2.12 bits per heavy atom. The molecule has 2 rings (SSSR count). The molecule has 94 valence electrons. The summed E-state index contributed by atoms with van der Waals surface area (Å²) in [5.74, 6) is -9.75. The molecule has 0 amide bonds. The van der Waals surface area contributed by atoms with Crippen molar-refractivity contribution in [2.24, 2.45) is 17.8 Å². The predicted molar refractivity (Wildman–Crippen MR) is 50.5 cm³/mol. The molecule has 4 unspecified atom stereocenters. The van der Waals surface area contributed by atoms with Crippen LogP contribution in [0.3, 0.4) is 0 Å². The van der Waals surface area contributed by atoms with E-state index in [2.05, 4.69) is 0 Å². The van der Waals surface area contributed by atoms with E-state index in [-0.39, 0.29) is 25.2 Å². The van der Waals surface area contributed by atoms with Crippen molar-refractivity contribution < 1.29 is 22.7 Å². The first-order chi connectivity index (χ1) is 7.23. The fourth-order valence-corrected chi connectivity index (χ4v) is 3.19. The van der Waals surface area contributed by atoms with Crippen molar-refractivity contribution in [3.63, 3.8) is 0 Å². The molecule has 0 aromatic rings. The van der Waals surface area contributed by atoms with Crippen LogP contribution in [0.1, 0.15) is 32.6 Å². The summed E-state index contributed by atoms with van der Waals surface area (Å²) in [5, 5.41) is 9.55. The van der Waals surface area contributed by atoms with Gasteiger partial charge in [-0.3, -0.25) is 0 Å². The second-order valence-electron chi connectivity index (χ2n) is 5.25. The van der Waals surface area contributed by atoms with Gasteiger partial charge < -0.3 is 5.11 Å². The Kier molecular flexibility index (Phi) is 2.72. The fourth-order valence-electron chi connectivity index (χ4n) is 3.19. The van der Waals surface area contributed by atoms with Crippen molar-refractivity contribution in [3.05, 3.63) is 0 Å². The maximum atomic E-state index is 13.6. The van der Waals surface area contributed by atoms with Crippen LogP contribution in [0.15, 0.2) is 0 Å². The highest BCUT2D eigenvalue weighted by atomic mass is 19.3. The van der Waals surface area contributed by atoms with Gasteiger partial charge in [0.1, 0.15) is 0 Å². The summed E-state index contributed by atoms with van der Waals surface area (Å²) in [6.07, 6.45) is 0.827. The van der Waals surface area contributed by atoms with Gasteiger partial charge in [-0.25, -0.2) is 8.78 Å². The summed E-state index contributed by atoms with van der Waals surface area (Å²) in [6, 6.07) is 0. The van der Waals surface area contributed by atoms with Crippen molar-refractivity contribution in [1.29, 1.82) is 0 Å². The lowest BCUT2D eigenvalue weighted by molar-refractivity contribution is -0.232. The minimum absolute atomic E-state index is 0.0300. The lowest BCUT2D eigenvalue weighted by Crippen LogP contribution is -2.45. The third-order valence-corrected chi connectivity index (χ3v) is 4.16. The van der Waals surface area contributed by atoms with Gasteiger partial charge in [0.25, 0.3) is 0 Å². The molecular weight excluding hydrogens is 224 g/mol. The summed E-state index contributed by atoms with van der Waals surface area (Å²) >= 11 is 0. The predicted octanol–water partition coefficient (Wildman–Crippen LogP) is 3.07. The Labute approximate surface area is 91.8 Å². The van der Waals surface area contributed by atoms with Crippen LogP contribution in [-0.4, -0.2) is 23.1 Å². The summed E-state index contributed by atoms with van der Waals surface area (Å²) in [6.45, 7) is 0.283. The summed E-state index contributed by atoms with van der Waals surface area (Å²) in [5.41, 5.74) is 0. The lowest BCUT2D eigenvalue weighted by Gasteiger charge is -2.32. The Bertz CT molecular complexity index is 274.